The molecule has 174 valence electrons. The number of ether oxygens (including phenoxy) is 1. The van der Waals surface area contributed by atoms with Gasteiger partial charge in [0.25, 0.3) is 0 Å². The van der Waals surface area contributed by atoms with Crippen molar-refractivity contribution in [3.63, 3.8) is 0 Å². The first-order chi connectivity index (χ1) is 16.5. The molecule has 34 heavy (non-hydrogen) atoms. The maximum absolute atomic E-state index is 12.5. The zero-order valence-corrected chi connectivity index (χ0v) is 20.7. The molecule has 1 amide bonds. The van der Waals surface area contributed by atoms with E-state index in [2.05, 4.69) is 33.1 Å². The summed E-state index contributed by atoms with van der Waals surface area (Å²) in [7, 11) is 0. The van der Waals surface area contributed by atoms with Gasteiger partial charge in [0.2, 0.25) is 5.91 Å². The lowest BCUT2D eigenvalue weighted by molar-refractivity contribution is -0.113. The predicted octanol–water partition coefficient (Wildman–Crippen LogP) is 5.51. The number of nitrogens with zero attached hydrogens (tertiary/aromatic N) is 4. The Labute approximate surface area is 206 Å². The number of rotatable bonds is 10. The molecule has 0 saturated heterocycles. The lowest BCUT2D eigenvalue weighted by Gasteiger charge is -2.11. The Hall–Kier alpha value is -3.43. The van der Waals surface area contributed by atoms with Gasteiger partial charge in [-0.25, -0.2) is 4.98 Å². The molecule has 0 aliphatic heterocycles. The summed E-state index contributed by atoms with van der Waals surface area (Å²) in [5.74, 6) is 1.52. The number of hydrogen-bond acceptors (Lipinski definition) is 7. The average Bonchev–Trinajstić information content (AvgIpc) is 3.45. The van der Waals surface area contributed by atoms with Crippen LogP contribution in [0.15, 0.2) is 71.7 Å². The van der Waals surface area contributed by atoms with Gasteiger partial charge in [-0.15, -0.1) is 28.1 Å². The van der Waals surface area contributed by atoms with Crippen LogP contribution in [0, 0.1) is 13.8 Å². The number of hydrogen-bond donors (Lipinski definition) is 1. The minimum absolute atomic E-state index is 0.153. The lowest BCUT2D eigenvalue weighted by atomic mass is 10.1. The van der Waals surface area contributed by atoms with Crippen LogP contribution < -0.4 is 10.1 Å². The molecule has 4 aromatic rings. The van der Waals surface area contributed by atoms with Gasteiger partial charge in [-0.1, -0.05) is 65.9 Å². The monoisotopic (exact) mass is 491 g/mol. The molecule has 0 fully saturated rings. The normalized spacial score (nSPS) is 10.8. The van der Waals surface area contributed by atoms with E-state index in [-0.39, 0.29) is 18.3 Å². The van der Waals surface area contributed by atoms with Crippen LogP contribution in [0.25, 0.3) is 11.3 Å². The van der Waals surface area contributed by atoms with Crippen molar-refractivity contribution in [3.05, 3.63) is 83.5 Å². The lowest BCUT2D eigenvalue weighted by Crippen LogP contribution is -2.15. The number of carbonyl (C=O) groups excluding carboxylic acids is 1. The van der Waals surface area contributed by atoms with Crippen LogP contribution in [0.2, 0.25) is 0 Å². The molecule has 0 unspecified atom stereocenters. The predicted molar refractivity (Wildman–Crippen MR) is 137 cm³/mol. The number of thiazole rings is 1. The number of amides is 1. The molecule has 0 bridgehead atoms. The SMILES string of the molecule is C=CCn1c(COc2ccc(C)cc2C)nnc1SCC(=O)Nc1nc(-c2ccccc2)cs1. The molecule has 0 aliphatic carbocycles. The second-order valence-corrected chi connectivity index (χ2v) is 9.40. The van der Waals surface area contributed by atoms with Gasteiger partial charge < -0.3 is 10.1 Å². The van der Waals surface area contributed by atoms with Crippen LogP contribution in [0.5, 0.6) is 5.75 Å². The Bertz CT molecular complexity index is 1280. The minimum Gasteiger partial charge on any atom is -0.485 e. The molecule has 0 aliphatic rings. The Morgan fingerprint density at radius 1 is 1.21 bits per heavy atom. The van der Waals surface area contributed by atoms with Gasteiger partial charge in [-0.3, -0.25) is 9.36 Å². The highest BCUT2D eigenvalue weighted by Gasteiger charge is 2.15. The van der Waals surface area contributed by atoms with Gasteiger partial charge in [0, 0.05) is 17.5 Å². The standard InChI is InChI=1S/C25H25N5O2S2/c1-4-12-30-22(14-32-21-11-10-17(2)13-18(21)3)28-29-25(30)34-16-23(31)27-24-26-20(15-33-24)19-8-6-5-7-9-19/h4-11,13,15H,1,12,14,16H2,2-3H3,(H,26,27,31). The molecule has 2 heterocycles. The van der Waals surface area contributed by atoms with Crippen LogP contribution in [-0.4, -0.2) is 31.4 Å². The number of aromatic nitrogens is 4. The fraction of sp³-hybridized carbons (Fsp3) is 0.200. The van der Waals surface area contributed by atoms with E-state index in [0.29, 0.717) is 22.7 Å². The maximum Gasteiger partial charge on any atom is 0.236 e. The second-order valence-electron chi connectivity index (χ2n) is 7.60. The smallest absolute Gasteiger partial charge is 0.236 e. The average molecular weight is 492 g/mol. The summed E-state index contributed by atoms with van der Waals surface area (Å²) in [6.07, 6.45) is 1.77. The van der Waals surface area contributed by atoms with E-state index >= 15 is 0 Å². The number of anilines is 1. The molecule has 2 aromatic carbocycles. The number of nitrogens with one attached hydrogen (secondary N) is 1. The third kappa shape index (κ3) is 5.92. The van der Waals surface area contributed by atoms with Crippen LogP contribution in [0.3, 0.4) is 0 Å². The quantitative estimate of drug-likeness (QED) is 0.233. The number of aryl methyl sites for hydroxylation is 2. The summed E-state index contributed by atoms with van der Waals surface area (Å²) in [5, 5.41) is 14.5. The van der Waals surface area contributed by atoms with Gasteiger partial charge >= 0.3 is 0 Å². The fourth-order valence-electron chi connectivity index (χ4n) is 3.31. The zero-order valence-electron chi connectivity index (χ0n) is 19.0. The largest absolute Gasteiger partial charge is 0.485 e. The third-order valence-electron chi connectivity index (χ3n) is 4.94. The molecule has 0 saturated carbocycles. The number of benzene rings is 2. The highest BCUT2D eigenvalue weighted by molar-refractivity contribution is 7.99. The molecule has 2 aromatic heterocycles. The van der Waals surface area contributed by atoms with E-state index in [9.17, 15) is 4.79 Å². The van der Waals surface area contributed by atoms with Gasteiger partial charge in [-0.05, 0) is 25.5 Å². The topological polar surface area (TPSA) is 81.9 Å². The molecule has 7 nitrogen and oxygen atoms in total. The van der Waals surface area contributed by atoms with E-state index in [1.807, 2.05) is 66.3 Å². The molecule has 1 N–H and O–H groups in total. The Kier molecular flexibility index (Phi) is 7.76. The molecular weight excluding hydrogens is 466 g/mol. The van der Waals surface area contributed by atoms with Crippen molar-refractivity contribution in [1.82, 2.24) is 19.7 Å². The second kappa shape index (κ2) is 11.1. The Morgan fingerprint density at radius 2 is 2.03 bits per heavy atom. The van der Waals surface area contributed by atoms with Crippen LogP contribution in [0.1, 0.15) is 17.0 Å². The molecule has 4 rings (SSSR count). The summed E-state index contributed by atoms with van der Waals surface area (Å²) >= 11 is 2.72. The van der Waals surface area contributed by atoms with Crippen molar-refractivity contribution in [2.24, 2.45) is 0 Å². The van der Waals surface area contributed by atoms with E-state index in [4.69, 9.17) is 4.74 Å². The van der Waals surface area contributed by atoms with Crippen molar-refractivity contribution >= 4 is 34.1 Å². The maximum atomic E-state index is 12.5. The first-order valence-electron chi connectivity index (χ1n) is 10.7. The molecule has 0 spiro atoms. The summed E-state index contributed by atoms with van der Waals surface area (Å²) in [6.45, 7) is 8.69. The molecule has 0 atom stereocenters. The van der Waals surface area contributed by atoms with Crippen molar-refractivity contribution in [1.29, 1.82) is 0 Å². The van der Waals surface area contributed by atoms with E-state index < -0.39 is 0 Å². The van der Waals surface area contributed by atoms with Crippen molar-refractivity contribution in [3.8, 4) is 17.0 Å². The van der Waals surface area contributed by atoms with E-state index in [0.717, 1.165) is 22.6 Å². The van der Waals surface area contributed by atoms with Gasteiger partial charge in [-0.2, -0.15) is 0 Å². The third-order valence-corrected chi connectivity index (χ3v) is 6.67. The van der Waals surface area contributed by atoms with Crippen molar-refractivity contribution in [2.75, 3.05) is 11.1 Å². The summed E-state index contributed by atoms with van der Waals surface area (Å²) in [5.41, 5.74) is 4.11. The number of thioether (sulfide) groups is 1. The molecular formula is C25H25N5O2S2. The first kappa shape index (κ1) is 23.7. The minimum atomic E-state index is -0.153. The molecule has 9 heteroatoms. The van der Waals surface area contributed by atoms with Gasteiger partial charge in [0.1, 0.15) is 12.4 Å². The number of carbonyl (C=O) groups is 1. The molecule has 0 radical (unpaired) electrons. The number of allylic oxidation sites excluding steroid dienone is 1. The van der Waals surface area contributed by atoms with Crippen LogP contribution >= 0.6 is 23.1 Å². The van der Waals surface area contributed by atoms with Crippen LogP contribution in [-0.2, 0) is 17.9 Å². The highest BCUT2D eigenvalue weighted by atomic mass is 32.2. The summed E-state index contributed by atoms with van der Waals surface area (Å²) < 4.78 is 7.88. The van der Waals surface area contributed by atoms with Crippen LogP contribution in [0.4, 0.5) is 5.13 Å². The van der Waals surface area contributed by atoms with Crippen molar-refractivity contribution < 1.29 is 9.53 Å². The summed E-state index contributed by atoms with van der Waals surface area (Å²) in [6, 6.07) is 15.9. The van der Waals surface area contributed by atoms with Gasteiger partial charge in [0.05, 0.1) is 11.4 Å². The van der Waals surface area contributed by atoms with Gasteiger partial charge in [0.15, 0.2) is 16.1 Å². The Morgan fingerprint density at radius 3 is 2.79 bits per heavy atom. The fourth-order valence-corrected chi connectivity index (χ4v) is 4.81. The van der Waals surface area contributed by atoms with E-state index in [1.54, 1.807) is 6.08 Å². The summed E-state index contributed by atoms with van der Waals surface area (Å²) in [4.78, 5) is 17.0. The first-order valence-corrected chi connectivity index (χ1v) is 12.6. The van der Waals surface area contributed by atoms with E-state index in [1.165, 1.54) is 28.7 Å². The highest BCUT2D eigenvalue weighted by Crippen LogP contribution is 2.25. The van der Waals surface area contributed by atoms with Crippen molar-refractivity contribution in [2.45, 2.75) is 32.2 Å². The Balaban J connectivity index is 1.36. The zero-order chi connectivity index (χ0) is 23.9.